The van der Waals surface area contributed by atoms with E-state index in [1.165, 1.54) is 4.90 Å². The lowest BCUT2D eigenvalue weighted by molar-refractivity contribution is -0.151. The third-order valence-corrected chi connectivity index (χ3v) is 10.3. The number of carbonyl (C=O) groups excluding carboxylic acids is 4. The van der Waals surface area contributed by atoms with Gasteiger partial charge in [-0.15, -0.1) is 0 Å². The van der Waals surface area contributed by atoms with Crippen LogP contribution in [-0.4, -0.2) is 88.2 Å². The zero-order valence-electron chi connectivity index (χ0n) is 26.5. The van der Waals surface area contributed by atoms with Crippen LogP contribution in [0.3, 0.4) is 0 Å². The van der Waals surface area contributed by atoms with Crippen LogP contribution in [0.5, 0.6) is 0 Å². The maximum atomic E-state index is 14.8. The molecule has 2 saturated heterocycles. The lowest BCUT2D eigenvalue weighted by Crippen LogP contribution is -2.59. The minimum absolute atomic E-state index is 0.0880. The minimum atomic E-state index is -1.44. The van der Waals surface area contributed by atoms with Gasteiger partial charge >= 0.3 is 5.97 Å². The van der Waals surface area contributed by atoms with Crippen LogP contribution in [0.25, 0.3) is 0 Å². The molecule has 7 atom stereocenters. The summed E-state index contributed by atoms with van der Waals surface area (Å²) in [5.41, 5.74) is 0.196. The number of halogens is 1. The maximum Gasteiger partial charge on any atom is 0.306 e. The third-order valence-electron chi connectivity index (χ3n) is 9.64. The summed E-state index contributed by atoms with van der Waals surface area (Å²) in [4.78, 5) is 59.7. The number of carbonyl (C=O) groups is 4. The second-order valence-corrected chi connectivity index (χ2v) is 13.8. The number of aliphatic hydroxyl groups is 1. The van der Waals surface area contributed by atoms with Crippen molar-refractivity contribution in [2.24, 2.45) is 11.8 Å². The molecule has 2 aromatic rings. The predicted octanol–water partition coefficient (Wildman–Crippen LogP) is 3.45. The molecule has 4 aliphatic heterocycles. The highest BCUT2D eigenvalue weighted by Gasteiger charge is 2.75. The molecule has 5 bridgehead atoms. The van der Waals surface area contributed by atoms with Crippen LogP contribution in [-0.2, 0) is 35.1 Å². The Labute approximate surface area is 282 Å². The standard InChI is InChI=1S/C36H40BrN3O7/c1-22(2)39-17-11-5-10-16-28(42)46-21-27(24-14-8-4-9-15-24)38-33(43)29-30-34(44)40(25(20-41)18-23-12-6-3-7-13-23)32(35(39)45)36(30)19-26(37)31(29)47-36/h3-9,11-15,19,22,25,27,29-32,41H,10,16-18,20-21H2,1-2H3,(H,38,43)/b11-5-/t25-,27+,29+,30-,31+,32+,36-/m1/s1. The number of cyclic esters (lactones) is 1. The second kappa shape index (κ2) is 13.7. The highest BCUT2D eigenvalue weighted by atomic mass is 79.9. The molecule has 4 heterocycles. The summed E-state index contributed by atoms with van der Waals surface area (Å²) < 4.78 is 12.8. The first-order valence-corrected chi connectivity index (χ1v) is 16.9. The number of nitrogens with one attached hydrogen (secondary N) is 1. The number of fused-ring (bicyclic) bond motifs is 2. The largest absolute Gasteiger partial charge is 0.463 e. The molecule has 0 radical (unpaired) electrons. The Balaban J connectivity index is 1.45. The molecular weight excluding hydrogens is 666 g/mol. The van der Waals surface area contributed by atoms with E-state index in [-0.39, 0.29) is 38.1 Å². The number of hydrogen-bond donors (Lipinski definition) is 2. The second-order valence-electron chi connectivity index (χ2n) is 12.8. The van der Waals surface area contributed by atoms with E-state index < -0.39 is 59.5 Å². The molecule has 6 rings (SSSR count). The number of allylic oxidation sites excluding steroid dienone is 1. The molecule has 0 aliphatic carbocycles. The van der Waals surface area contributed by atoms with Crippen molar-refractivity contribution in [3.63, 3.8) is 0 Å². The molecule has 47 heavy (non-hydrogen) atoms. The normalized spacial score (nSPS) is 31.0. The monoisotopic (exact) mass is 705 g/mol. The summed E-state index contributed by atoms with van der Waals surface area (Å²) in [5, 5.41) is 13.8. The van der Waals surface area contributed by atoms with Crippen molar-refractivity contribution in [1.29, 1.82) is 0 Å². The molecule has 2 fully saturated rings. The number of ether oxygens (including phenoxy) is 2. The summed E-state index contributed by atoms with van der Waals surface area (Å²) in [6.45, 7) is 3.56. The molecule has 3 amide bonds. The van der Waals surface area contributed by atoms with E-state index in [9.17, 15) is 24.3 Å². The maximum absolute atomic E-state index is 14.8. The molecule has 2 aromatic carbocycles. The quantitative estimate of drug-likeness (QED) is 0.349. The first-order chi connectivity index (χ1) is 22.7. The van der Waals surface area contributed by atoms with Crippen LogP contribution in [0.1, 0.15) is 43.9 Å². The molecule has 0 saturated carbocycles. The van der Waals surface area contributed by atoms with Crippen LogP contribution >= 0.6 is 15.9 Å². The van der Waals surface area contributed by atoms with Crippen LogP contribution in [0.15, 0.2) is 83.4 Å². The minimum Gasteiger partial charge on any atom is -0.463 e. The first kappa shape index (κ1) is 33.1. The highest BCUT2D eigenvalue weighted by Crippen LogP contribution is 2.59. The Morgan fingerprint density at radius 3 is 2.38 bits per heavy atom. The molecule has 0 aromatic heterocycles. The van der Waals surface area contributed by atoms with Crippen molar-refractivity contribution in [3.8, 4) is 0 Å². The fourth-order valence-corrected chi connectivity index (χ4v) is 8.14. The summed E-state index contributed by atoms with van der Waals surface area (Å²) in [6.07, 6.45) is 5.53. The smallest absolute Gasteiger partial charge is 0.306 e. The molecular formula is C36H40BrN3O7. The van der Waals surface area contributed by atoms with Crippen LogP contribution in [0.4, 0.5) is 0 Å². The third kappa shape index (κ3) is 6.16. The first-order valence-electron chi connectivity index (χ1n) is 16.2. The molecule has 10 nitrogen and oxygen atoms in total. The average Bonchev–Trinajstić information content (AvgIpc) is 3.66. The van der Waals surface area contributed by atoms with E-state index >= 15 is 0 Å². The van der Waals surface area contributed by atoms with Crippen molar-refractivity contribution in [1.82, 2.24) is 15.1 Å². The van der Waals surface area contributed by atoms with Gasteiger partial charge in [-0.2, -0.15) is 0 Å². The Hall–Kier alpha value is -3.80. The number of rotatable bonds is 6. The Bertz CT molecular complexity index is 1560. The lowest BCUT2D eigenvalue weighted by atomic mass is 9.74. The van der Waals surface area contributed by atoms with Gasteiger partial charge in [-0.25, -0.2) is 0 Å². The topological polar surface area (TPSA) is 125 Å². The Kier molecular flexibility index (Phi) is 9.68. The van der Waals surface area contributed by atoms with E-state index in [1.54, 1.807) is 11.0 Å². The van der Waals surface area contributed by atoms with Gasteiger partial charge in [0, 0.05) is 23.5 Å². The number of amides is 3. The van der Waals surface area contributed by atoms with Crippen LogP contribution < -0.4 is 5.32 Å². The molecule has 1 spiro atoms. The molecule has 11 heteroatoms. The van der Waals surface area contributed by atoms with Crippen molar-refractivity contribution in [3.05, 3.63) is 94.5 Å². The lowest BCUT2D eigenvalue weighted by Gasteiger charge is -2.40. The number of benzene rings is 2. The molecule has 4 aliphatic rings. The van der Waals surface area contributed by atoms with Crippen LogP contribution in [0, 0.1) is 11.8 Å². The number of likely N-dealkylation sites (tertiary alicyclic amines) is 1. The van der Waals surface area contributed by atoms with Crippen molar-refractivity contribution >= 4 is 39.6 Å². The predicted molar refractivity (Wildman–Crippen MR) is 177 cm³/mol. The number of esters is 1. The van der Waals surface area contributed by atoms with Crippen molar-refractivity contribution < 1.29 is 33.8 Å². The number of aliphatic hydroxyl groups excluding tert-OH is 1. The molecule has 248 valence electrons. The van der Waals surface area contributed by atoms with E-state index in [1.807, 2.05) is 86.7 Å². The van der Waals surface area contributed by atoms with Gasteiger partial charge in [0.1, 0.15) is 24.4 Å². The fourth-order valence-electron chi connectivity index (χ4n) is 7.41. The van der Waals surface area contributed by atoms with Gasteiger partial charge in [0.2, 0.25) is 17.7 Å². The summed E-state index contributed by atoms with van der Waals surface area (Å²) in [6, 6.07) is 15.9. The Morgan fingerprint density at radius 1 is 1.00 bits per heavy atom. The molecule has 2 N–H and O–H groups in total. The van der Waals surface area contributed by atoms with E-state index in [2.05, 4.69) is 21.2 Å². The summed E-state index contributed by atoms with van der Waals surface area (Å²) in [5.74, 6) is -3.61. The van der Waals surface area contributed by atoms with Crippen LogP contribution in [0.2, 0.25) is 0 Å². The zero-order valence-corrected chi connectivity index (χ0v) is 28.0. The average molecular weight is 707 g/mol. The van der Waals surface area contributed by atoms with Gasteiger partial charge in [-0.1, -0.05) is 88.7 Å². The van der Waals surface area contributed by atoms with Gasteiger partial charge in [0.25, 0.3) is 0 Å². The highest BCUT2D eigenvalue weighted by molar-refractivity contribution is 9.11. The summed E-state index contributed by atoms with van der Waals surface area (Å²) in [7, 11) is 0. The van der Waals surface area contributed by atoms with Crippen molar-refractivity contribution in [2.45, 2.75) is 69.0 Å². The van der Waals surface area contributed by atoms with Gasteiger partial charge in [-0.05, 0) is 43.9 Å². The summed E-state index contributed by atoms with van der Waals surface area (Å²) >= 11 is 3.61. The Morgan fingerprint density at radius 2 is 1.70 bits per heavy atom. The van der Waals surface area contributed by atoms with Crippen molar-refractivity contribution in [2.75, 3.05) is 19.8 Å². The van der Waals surface area contributed by atoms with Gasteiger partial charge in [0.05, 0.1) is 30.5 Å². The SMILES string of the molecule is CC(C)N1C/C=C\CCC(=O)OC[C@@H](c2ccccc2)NC(=O)[C@@H]2[C@H]3O[C@@]4(C=C3Br)[C@H](C1=O)N([C@@H](CO)Cc1ccccc1)C(=O)[C@@H]24. The number of hydrogen-bond acceptors (Lipinski definition) is 7. The van der Waals surface area contributed by atoms with E-state index in [0.717, 1.165) is 11.1 Å². The number of nitrogens with zero attached hydrogens (tertiary/aromatic N) is 2. The van der Waals surface area contributed by atoms with E-state index in [0.29, 0.717) is 17.3 Å². The van der Waals surface area contributed by atoms with E-state index in [4.69, 9.17) is 9.47 Å². The fraction of sp³-hybridized carbons (Fsp3) is 0.444. The van der Waals surface area contributed by atoms with Gasteiger partial charge < -0.3 is 29.7 Å². The molecule has 0 unspecified atom stereocenters. The van der Waals surface area contributed by atoms with Gasteiger partial charge in [-0.3, -0.25) is 19.2 Å². The zero-order chi connectivity index (χ0) is 33.3. The van der Waals surface area contributed by atoms with Gasteiger partial charge in [0.15, 0.2) is 0 Å².